The fraction of sp³-hybridized carbons (Fsp3) is 0.263. The van der Waals surface area contributed by atoms with Crippen LogP contribution in [-0.4, -0.2) is 18.0 Å². The lowest BCUT2D eigenvalue weighted by Gasteiger charge is -2.16. The first kappa shape index (κ1) is 16.7. The van der Waals surface area contributed by atoms with Crippen LogP contribution in [0.1, 0.15) is 35.7 Å². The molecule has 0 bridgehead atoms. The Labute approximate surface area is 136 Å². The summed E-state index contributed by atoms with van der Waals surface area (Å²) in [5.41, 5.74) is 1.31. The van der Waals surface area contributed by atoms with E-state index < -0.39 is 18.0 Å². The summed E-state index contributed by atoms with van der Waals surface area (Å²) in [6.45, 7) is 2.09. The number of hydrogen-bond donors (Lipinski definition) is 0. The van der Waals surface area contributed by atoms with Gasteiger partial charge in [-0.05, 0) is 24.1 Å². The van der Waals surface area contributed by atoms with Crippen molar-refractivity contribution in [3.63, 3.8) is 0 Å². The molecule has 0 N–H and O–H groups in total. The predicted octanol–water partition coefficient (Wildman–Crippen LogP) is 3.76. The monoisotopic (exact) mass is 312 g/mol. The van der Waals surface area contributed by atoms with Gasteiger partial charge in [0.2, 0.25) is 0 Å². The molecule has 0 amide bonds. The lowest BCUT2D eigenvalue weighted by Crippen LogP contribution is -2.29. The highest BCUT2D eigenvalue weighted by Crippen LogP contribution is 2.11. The Morgan fingerprint density at radius 3 is 2.17 bits per heavy atom. The third-order valence-electron chi connectivity index (χ3n) is 3.30. The van der Waals surface area contributed by atoms with Crippen molar-refractivity contribution in [2.75, 3.05) is 0 Å². The van der Waals surface area contributed by atoms with Crippen LogP contribution in [-0.2, 0) is 20.9 Å². The van der Waals surface area contributed by atoms with Gasteiger partial charge in [-0.1, -0.05) is 61.9 Å². The molecular formula is C19H20O4. The molecule has 0 aliphatic carbocycles. The summed E-state index contributed by atoms with van der Waals surface area (Å²) in [5.74, 6) is -1.03. The SMILES string of the molecule is CCCC(OC(=O)c1ccccc1)C(=O)OCc1ccccc1. The molecule has 2 rings (SSSR count). The number of benzene rings is 2. The molecule has 23 heavy (non-hydrogen) atoms. The Balaban J connectivity index is 1.94. The molecule has 0 spiro atoms. The molecule has 0 aliphatic heterocycles. The van der Waals surface area contributed by atoms with E-state index in [4.69, 9.17) is 9.47 Å². The molecule has 1 unspecified atom stereocenters. The summed E-state index contributed by atoms with van der Waals surface area (Å²) in [7, 11) is 0. The van der Waals surface area contributed by atoms with Crippen molar-refractivity contribution in [3.05, 3.63) is 71.8 Å². The molecule has 4 nitrogen and oxygen atoms in total. The van der Waals surface area contributed by atoms with Gasteiger partial charge in [-0.15, -0.1) is 0 Å². The molecule has 1 atom stereocenters. The molecule has 0 heterocycles. The van der Waals surface area contributed by atoms with E-state index in [0.717, 1.165) is 5.56 Å². The molecule has 120 valence electrons. The maximum absolute atomic E-state index is 12.2. The highest BCUT2D eigenvalue weighted by atomic mass is 16.6. The molecular weight excluding hydrogens is 292 g/mol. The third-order valence-corrected chi connectivity index (χ3v) is 3.30. The average Bonchev–Trinajstić information content (AvgIpc) is 2.61. The molecule has 0 aliphatic rings. The lowest BCUT2D eigenvalue weighted by atomic mass is 10.2. The van der Waals surface area contributed by atoms with Crippen LogP contribution in [0.2, 0.25) is 0 Å². The number of rotatable bonds is 7. The van der Waals surface area contributed by atoms with Crippen molar-refractivity contribution in [1.82, 2.24) is 0 Å². The van der Waals surface area contributed by atoms with Gasteiger partial charge >= 0.3 is 11.9 Å². The van der Waals surface area contributed by atoms with E-state index >= 15 is 0 Å². The second kappa shape index (κ2) is 8.73. The molecule has 0 saturated carbocycles. The van der Waals surface area contributed by atoms with E-state index in [1.165, 1.54) is 0 Å². The highest BCUT2D eigenvalue weighted by molar-refractivity contribution is 5.91. The third kappa shape index (κ3) is 5.25. The molecule has 2 aromatic carbocycles. The van der Waals surface area contributed by atoms with Crippen molar-refractivity contribution in [3.8, 4) is 0 Å². The summed E-state index contributed by atoms with van der Waals surface area (Å²) in [6, 6.07) is 18.0. The fourth-order valence-corrected chi connectivity index (χ4v) is 2.08. The van der Waals surface area contributed by atoms with Gasteiger partial charge in [0.25, 0.3) is 0 Å². The minimum atomic E-state index is -0.878. The second-order valence-electron chi connectivity index (χ2n) is 5.14. The van der Waals surface area contributed by atoms with Crippen LogP contribution in [0.5, 0.6) is 0 Å². The Morgan fingerprint density at radius 2 is 1.57 bits per heavy atom. The highest BCUT2D eigenvalue weighted by Gasteiger charge is 2.24. The lowest BCUT2D eigenvalue weighted by molar-refractivity contribution is -0.155. The number of carbonyl (C=O) groups is 2. The molecule has 0 radical (unpaired) electrons. The quantitative estimate of drug-likeness (QED) is 0.731. The van der Waals surface area contributed by atoms with Crippen LogP contribution < -0.4 is 0 Å². The normalized spacial score (nSPS) is 11.5. The molecule has 2 aromatic rings. The minimum absolute atomic E-state index is 0.169. The summed E-state index contributed by atoms with van der Waals surface area (Å²) in [5, 5.41) is 0. The van der Waals surface area contributed by atoms with Gasteiger partial charge in [-0.25, -0.2) is 9.59 Å². The molecule has 0 saturated heterocycles. The van der Waals surface area contributed by atoms with Crippen LogP contribution in [0.25, 0.3) is 0 Å². The molecule has 0 aromatic heterocycles. The zero-order chi connectivity index (χ0) is 16.5. The van der Waals surface area contributed by atoms with Crippen molar-refractivity contribution < 1.29 is 19.1 Å². The van der Waals surface area contributed by atoms with Crippen molar-refractivity contribution in [2.24, 2.45) is 0 Å². The minimum Gasteiger partial charge on any atom is -0.458 e. The smallest absolute Gasteiger partial charge is 0.347 e. The van der Waals surface area contributed by atoms with Crippen LogP contribution in [0, 0.1) is 0 Å². The van der Waals surface area contributed by atoms with Gasteiger partial charge in [0.15, 0.2) is 6.10 Å². The predicted molar refractivity (Wildman–Crippen MR) is 86.8 cm³/mol. The van der Waals surface area contributed by atoms with Gasteiger partial charge < -0.3 is 9.47 Å². The summed E-state index contributed by atoms with van der Waals surface area (Å²) < 4.78 is 10.6. The largest absolute Gasteiger partial charge is 0.458 e. The summed E-state index contributed by atoms with van der Waals surface area (Å²) in [4.78, 5) is 24.3. The van der Waals surface area contributed by atoms with E-state index in [-0.39, 0.29) is 6.61 Å². The Hall–Kier alpha value is -2.62. The standard InChI is InChI=1S/C19H20O4/c1-2-9-17(23-18(20)16-12-7-4-8-13-16)19(21)22-14-15-10-5-3-6-11-15/h3-8,10-13,17H,2,9,14H2,1H3. The van der Waals surface area contributed by atoms with Gasteiger partial charge in [0, 0.05) is 0 Å². The van der Waals surface area contributed by atoms with E-state index in [2.05, 4.69) is 0 Å². The maximum atomic E-state index is 12.2. The van der Waals surface area contributed by atoms with Crippen LogP contribution >= 0.6 is 0 Å². The van der Waals surface area contributed by atoms with Crippen molar-refractivity contribution >= 4 is 11.9 Å². The summed E-state index contributed by atoms with van der Waals surface area (Å²) in [6.07, 6.45) is 0.274. The van der Waals surface area contributed by atoms with Crippen LogP contribution in [0.15, 0.2) is 60.7 Å². The van der Waals surface area contributed by atoms with E-state index in [9.17, 15) is 9.59 Å². The topological polar surface area (TPSA) is 52.6 Å². The van der Waals surface area contributed by atoms with Crippen LogP contribution in [0.4, 0.5) is 0 Å². The first-order valence-corrected chi connectivity index (χ1v) is 7.67. The fourth-order valence-electron chi connectivity index (χ4n) is 2.08. The zero-order valence-corrected chi connectivity index (χ0v) is 13.1. The van der Waals surface area contributed by atoms with Crippen molar-refractivity contribution in [2.45, 2.75) is 32.5 Å². The van der Waals surface area contributed by atoms with Gasteiger partial charge in [-0.3, -0.25) is 0 Å². The average molecular weight is 312 g/mol. The number of esters is 2. The molecule has 0 fully saturated rings. The van der Waals surface area contributed by atoms with Gasteiger partial charge in [-0.2, -0.15) is 0 Å². The first-order chi connectivity index (χ1) is 11.2. The number of carbonyl (C=O) groups excluding carboxylic acids is 2. The zero-order valence-electron chi connectivity index (χ0n) is 13.1. The first-order valence-electron chi connectivity index (χ1n) is 7.67. The van der Waals surface area contributed by atoms with Gasteiger partial charge in [0.05, 0.1) is 5.56 Å². The van der Waals surface area contributed by atoms with E-state index in [1.54, 1.807) is 24.3 Å². The summed E-state index contributed by atoms with van der Waals surface area (Å²) >= 11 is 0. The van der Waals surface area contributed by atoms with E-state index in [1.807, 2.05) is 43.3 Å². The molecule has 4 heteroatoms. The maximum Gasteiger partial charge on any atom is 0.347 e. The van der Waals surface area contributed by atoms with Crippen LogP contribution in [0.3, 0.4) is 0 Å². The Bertz CT molecular complexity index is 622. The van der Waals surface area contributed by atoms with Gasteiger partial charge in [0.1, 0.15) is 6.61 Å². The Morgan fingerprint density at radius 1 is 0.957 bits per heavy atom. The Kier molecular flexibility index (Phi) is 6.36. The second-order valence-corrected chi connectivity index (χ2v) is 5.14. The number of ether oxygens (including phenoxy) is 2. The van der Waals surface area contributed by atoms with E-state index in [0.29, 0.717) is 18.4 Å². The number of hydrogen-bond acceptors (Lipinski definition) is 4. The van der Waals surface area contributed by atoms with Crippen molar-refractivity contribution in [1.29, 1.82) is 0 Å².